The minimum atomic E-state index is -3.79. The van der Waals surface area contributed by atoms with Gasteiger partial charge in [-0.15, -0.1) is 0 Å². The predicted octanol–water partition coefficient (Wildman–Crippen LogP) is 6.30. The number of sulfonamides is 1. The highest BCUT2D eigenvalue weighted by atomic mass is 35.5. The third-order valence-electron chi connectivity index (χ3n) is 7.12. The van der Waals surface area contributed by atoms with Crippen molar-refractivity contribution in [1.82, 2.24) is 0 Å². The van der Waals surface area contributed by atoms with Crippen molar-refractivity contribution >= 4 is 33.0 Å². The summed E-state index contributed by atoms with van der Waals surface area (Å²) < 4.78 is 45.9. The van der Waals surface area contributed by atoms with Gasteiger partial charge in [-0.3, -0.25) is 4.72 Å². The molecule has 3 aromatic rings. The van der Waals surface area contributed by atoms with Gasteiger partial charge in [0, 0.05) is 16.6 Å². The lowest BCUT2D eigenvalue weighted by Crippen LogP contribution is -2.29. The number of anilines is 2. The van der Waals surface area contributed by atoms with Crippen LogP contribution in [0.3, 0.4) is 0 Å². The van der Waals surface area contributed by atoms with Gasteiger partial charge in [-0.25, -0.2) is 8.42 Å². The molecule has 2 N–H and O–H groups in total. The third kappa shape index (κ3) is 4.60. The van der Waals surface area contributed by atoms with Crippen LogP contribution in [0.2, 0.25) is 5.02 Å². The topological polar surface area (TPSA) is 85.9 Å². The van der Waals surface area contributed by atoms with Crippen LogP contribution in [-0.4, -0.2) is 29.7 Å². The summed E-state index contributed by atoms with van der Waals surface area (Å²) in [5, 5.41) is 4.20. The first-order valence-electron chi connectivity index (χ1n) is 11.9. The van der Waals surface area contributed by atoms with Crippen LogP contribution in [0.4, 0.5) is 11.4 Å². The van der Waals surface area contributed by atoms with Crippen LogP contribution in [0.5, 0.6) is 17.2 Å². The van der Waals surface area contributed by atoms with E-state index in [-0.39, 0.29) is 22.8 Å². The van der Waals surface area contributed by atoms with Gasteiger partial charge in [-0.2, -0.15) is 0 Å². The molecule has 194 valence electrons. The summed E-state index contributed by atoms with van der Waals surface area (Å²) in [5.74, 6) is 1.99. The Labute approximate surface area is 222 Å². The van der Waals surface area contributed by atoms with Gasteiger partial charge < -0.3 is 19.5 Å². The first kappa shape index (κ1) is 25.3. The van der Waals surface area contributed by atoms with E-state index in [0.717, 1.165) is 28.8 Å². The molecule has 0 aromatic heterocycles. The number of aryl methyl sites for hydroxylation is 1. The number of benzene rings is 3. The second kappa shape index (κ2) is 9.84. The Hall–Kier alpha value is -3.36. The van der Waals surface area contributed by atoms with Crippen LogP contribution in [0.15, 0.2) is 65.6 Å². The standard InChI is InChI=1S/C28H29ClN2O5S/c1-16-12-18(29)8-10-23(16)31-37(32,33)19-9-11-24-22(15-19)20-6-5-7-21(20)27(30-24)17-13-25(34-2)28(36-4)26(14-17)35-3/h5-6,8-15,20-21,27,30-31H,7H2,1-4H3/t20-,21+,27+/m0/s1. The fourth-order valence-electron chi connectivity index (χ4n) is 5.30. The number of allylic oxidation sites excluding steroid dienone is 2. The maximum absolute atomic E-state index is 13.3. The van der Waals surface area contributed by atoms with Gasteiger partial charge in [0.1, 0.15) is 0 Å². The Morgan fingerprint density at radius 3 is 2.35 bits per heavy atom. The normalized spacial score (nSPS) is 20.0. The Kier molecular flexibility index (Phi) is 6.72. The zero-order chi connectivity index (χ0) is 26.3. The second-order valence-corrected chi connectivity index (χ2v) is 11.4. The summed E-state index contributed by atoms with van der Waals surface area (Å²) in [6.07, 6.45) is 5.19. The molecule has 0 spiro atoms. The predicted molar refractivity (Wildman–Crippen MR) is 146 cm³/mol. The van der Waals surface area contributed by atoms with Crippen LogP contribution >= 0.6 is 11.6 Å². The van der Waals surface area contributed by atoms with E-state index in [1.54, 1.807) is 51.7 Å². The molecule has 37 heavy (non-hydrogen) atoms. The van der Waals surface area contributed by atoms with Gasteiger partial charge in [0.25, 0.3) is 10.0 Å². The molecular weight excluding hydrogens is 512 g/mol. The van der Waals surface area contributed by atoms with Crippen LogP contribution in [-0.2, 0) is 10.0 Å². The average molecular weight is 541 g/mol. The summed E-state index contributed by atoms with van der Waals surface area (Å²) in [6, 6.07) is 14.2. The SMILES string of the molecule is COc1cc([C@H]2Nc3ccc(S(=O)(=O)Nc4ccc(Cl)cc4C)cc3[C@H]3C=CC[C@H]32)cc(OC)c1OC. The molecule has 9 heteroatoms. The van der Waals surface area contributed by atoms with E-state index >= 15 is 0 Å². The maximum Gasteiger partial charge on any atom is 0.261 e. The molecule has 3 aromatic carbocycles. The minimum Gasteiger partial charge on any atom is -0.493 e. The highest BCUT2D eigenvalue weighted by Crippen LogP contribution is 2.52. The molecule has 1 aliphatic carbocycles. The fourth-order valence-corrected chi connectivity index (χ4v) is 6.69. The first-order chi connectivity index (χ1) is 17.7. The largest absolute Gasteiger partial charge is 0.493 e. The molecule has 1 heterocycles. The van der Waals surface area contributed by atoms with Gasteiger partial charge in [-0.05, 0) is 84.5 Å². The van der Waals surface area contributed by atoms with Gasteiger partial charge >= 0.3 is 0 Å². The molecule has 0 fully saturated rings. The Balaban J connectivity index is 1.50. The van der Waals surface area contributed by atoms with Crippen LogP contribution in [0, 0.1) is 12.8 Å². The van der Waals surface area contributed by atoms with Gasteiger partial charge in [0.05, 0.1) is 38.0 Å². The van der Waals surface area contributed by atoms with E-state index in [2.05, 4.69) is 22.2 Å². The maximum atomic E-state index is 13.3. The molecule has 0 amide bonds. The van der Waals surface area contributed by atoms with Gasteiger partial charge in [0.2, 0.25) is 5.75 Å². The lowest BCUT2D eigenvalue weighted by atomic mass is 9.77. The Morgan fingerprint density at radius 1 is 0.973 bits per heavy atom. The minimum absolute atomic E-state index is 0.0292. The van der Waals surface area contributed by atoms with Crippen LogP contribution in [0.1, 0.15) is 35.1 Å². The fraction of sp³-hybridized carbons (Fsp3) is 0.286. The number of rotatable bonds is 7. The van der Waals surface area contributed by atoms with Crippen molar-refractivity contribution in [3.8, 4) is 17.2 Å². The number of halogens is 1. The number of ether oxygens (including phenoxy) is 3. The summed E-state index contributed by atoms with van der Waals surface area (Å²) in [5.41, 5.74) is 4.12. The van der Waals surface area contributed by atoms with E-state index in [9.17, 15) is 8.42 Å². The molecule has 0 radical (unpaired) electrons. The Morgan fingerprint density at radius 2 is 1.70 bits per heavy atom. The molecule has 7 nitrogen and oxygen atoms in total. The van der Waals surface area contributed by atoms with E-state index in [1.807, 2.05) is 25.1 Å². The molecule has 2 aliphatic rings. The highest BCUT2D eigenvalue weighted by molar-refractivity contribution is 7.92. The molecule has 0 saturated heterocycles. The number of hydrogen-bond donors (Lipinski definition) is 2. The van der Waals surface area contributed by atoms with Crippen molar-refractivity contribution in [2.75, 3.05) is 31.4 Å². The van der Waals surface area contributed by atoms with Crippen molar-refractivity contribution in [2.45, 2.75) is 30.2 Å². The van der Waals surface area contributed by atoms with E-state index in [1.165, 1.54) is 0 Å². The highest BCUT2D eigenvalue weighted by Gasteiger charge is 2.39. The molecular formula is C28H29ClN2O5S. The summed E-state index contributed by atoms with van der Waals surface area (Å²) >= 11 is 6.03. The zero-order valence-corrected chi connectivity index (χ0v) is 22.6. The quantitative estimate of drug-likeness (QED) is 0.342. The molecule has 5 rings (SSSR count). The van der Waals surface area contributed by atoms with Crippen molar-refractivity contribution in [3.05, 3.63) is 82.4 Å². The van der Waals surface area contributed by atoms with Gasteiger partial charge in [-0.1, -0.05) is 23.8 Å². The second-order valence-electron chi connectivity index (χ2n) is 9.25. The number of methoxy groups -OCH3 is 3. The molecule has 0 saturated carbocycles. The van der Waals surface area contributed by atoms with E-state index in [0.29, 0.717) is 28.0 Å². The van der Waals surface area contributed by atoms with Crippen molar-refractivity contribution in [1.29, 1.82) is 0 Å². The molecule has 0 unspecified atom stereocenters. The Bertz CT molecular complexity index is 1460. The van der Waals surface area contributed by atoms with E-state index in [4.69, 9.17) is 25.8 Å². The summed E-state index contributed by atoms with van der Waals surface area (Å²) in [4.78, 5) is 0.215. The number of hydrogen-bond acceptors (Lipinski definition) is 6. The average Bonchev–Trinajstić information content (AvgIpc) is 3.39. The van der Waals surface area contributed by atoms with Gasteiger partial charge in [0.15, 0.2) is 11.5 Å². The molecule has 0 bridgehead atoms. The van der Waals surface area contributed by atoms with Crippen molar-refractivity contribution in [3.63, 3.8) is 0 Å². The molecule has 3 atom stereocenters. The lowest BCUT2D eigenvalue weighted by Gasteiger charge is -2.38. The smallest absolute Gasteiger partial charge is 0.261 e. The molecule has 1 aliphatic heterocycles. The zero-order valence-electron chi connectivity index (χ0n) is 21.0. The van der Waals surface area contributed by atoms with Crippen molar-refractivity contribution in [2.24, 2.45) is 5.92 Å². The lowest BCUT2D eigenvalue weighted by molar-refractivity contribution is 0.322. The van der Waals surface area contributed by atoms with Crippen LogP contribution in [0.25, 0.3) is 0 Å². The first-order valence-corrected chi connectivity index (χ1v) is 13.8. The van der Waals surface area contributed by atoms with Crippen molar-refractivity contribution < 1.29 is 22.6 Å². The number of nitrogens with one attached hydrogen (secondary N) is 2. The monoisotopic (exact) mass is 540 g/mol. The third-order valence-corrected chi connectivity index (χ3v) is 8.72. The summed E-state index contributed by atoms with van der Waals surface area (Å²) in [7, 11) is 0.997. The van der Waals surface area contributed by atoms with Crippen LogP contribution < -0.4 is 24.2 Å². The summed E-state index contributed by atoms with van der Waals surface area (Å²) in [6.45, 7) is 1.82. The number of fused-ring (bicyclic) bond motifs is 3. The van der Waals surface area contributed by atoms with E-state index < -0.39 is 10.0 Å².